The summed E-state index contributed by atoms with van der Waals surface area (Å²) in [4.78, 5) is 33.7. The Balaban J connectivity index is 1.29. The summed E-state index contributed by atoms with van der Waals surface area (Å²) in [6.45, 7) is 8.25. The number of benzene rings is 1. The van der Waals surface area contributed by atoms with Gasteiger partial charge in [-0.3, -0.25) is 9.48 Å². The Kier molecular flexibility index (Phi) is 6.37. The fourth-order valence-electron chi connectivity index (χ4n) is 5.24. The van der Waals surface area contributed by atoms with Crippen LogP contribution in [0.25, 0.3) is 11.1 Å². The summed E-state index contributed by atoms with van der Waals surface area (Å²) >= 11 is 0. The van der Waals surface area contributed by atoms with E-state index in [9.17, 15) is 4.79 Å². The van der Waals surface area contributed by atoms with Crippen molar-refractivity contribution in [2.45, 2.75) is 13.3 Å². The molecule has 12 heteroatoms. The average Bonchev–Trinajstić information content (AvgIpc) is 3.55. The van der Waals surface area contributed by atoms with Gasteiger partial charge < -0.3 is 19.9 Å². The summed E-state index contributed by atoms with van der Waals surface area (Å²) in [6.07, 6.45) is 9.03. The first-order chi connectivity index (χ1) is 19.3. The lowest BCUT2D eigenvalue weighted by Gasteiger charge is -2.49. The lowest BCUT2D eigenvalue weighted by molar-refractivity contribution is -0.125. The zero-order chi connectivity index (χ0) is 27.9. The molecule has 0 aliphatic carbocycles. The van der Waals surface area contributed by atoms with E-state index in [4.69, 9.17) is 9.72 Å². The molecular formula is C28H28FN9O2. The van der Waals surface area contributed by atoms with Gasteiger partial charge in [0.2, 0.25) is 11.9 Å². The highest BCUT2D eigenvalue weighted by Crippen LogP contribution is 2.44. The second-order valence-electron chi connectivity index (χ2n) is 10.3. The predicted octanol–water partition coefficient (Wildman–Crippen LogP) is 3.88. The number of nitrogens with one attached hydrogen (secondary N) is 1. The minimum absolute atomic E-state index is 0.00536. The Hall–Kier alpha value is -4.87. The highest BCUT2D eigenvalue weighted by Gasteiger charge is 2.49. The van der Waals surface area contributed by atoms with E-state index in [1.807, 2.05) is 25.1 Å². The number of halogens is 1. The van der Waals surface area contributed by atoms with Gasteiger partial charge in [-0.1, -0.05) is 12.6 Å². The highest BCUT2D eigenvalue weighted by atomic mass is 19.1. The number of aromatic nitrogens is 6. The third-order valence-corrected chi connectivity index (χ3v) is 7.22. The molecule has 2 aliphatic rings. The number of carbonyl (C=O) groups excluding carboxylic acids is 1. The number of likely N-dealkylation sites (tertiary alicyclic amines) is 1. The molecule has 2 saturated heterocycles. The predicted molar refractivity (Wildman–Crippen MR) is 147 cm³/mol. The standard InChI is InChI=1S/C28H28FN9O2/c1-4-24(39)37-10-8-28(15-37)16-38(17-28)25-21(13-31-26(35-25)34-20-12-32-36(3)14-20)19-5-6-23(22(29)11-19)40-27-30-9-7-18(2)33-27/h4-7,9,11-14H,1,8,10,15-17H2,2-3H3,(H,31,34,35). The molecule has 1 amide bonds. The fraction of sp³-hybridized carbons (Fsp3) is 0.286. The van der Waals surface area contributed by atoms with E-state index in [0.717, 1.165) is 30.9 Å². The van der Waals surface area contributed by atoms with E-state index in [0.29, 0.717) is 36.0 Å². The zero-order valence-corrected chi connectivity index (χ0v) is 22.2. The van der Waals surface area contributed by atoms with Gasteiger partial charge in [0.1, 0.15) is 5.82 Å². The van der Waals surface area contributed by atoms with Crippen molar-refractivity contribution in [2.24, 2.45) is 12.5 Å². The first-order valence-corrected chi connectivity index (χ1v) is 12.9. The molecule has 11 nitrogen and oxygen atoms in total. The quantitative estimate of drug-likeness (QED) is 0.348. The van der Waals surface area contributed by atoms with Crippen LogP contribution in [0.2, 0.25) is 0 Å². The molecule has 204 valence electrons. The van der Waals surface area contributed by atoms with Crippen LogP contribution in [0, 0.1) is 18.2 Å². The minimum atomic E-state index is -0.555. The molecular weight excluding hydrogens is 513 g/mol. The van der Waals surface area contributed by atoms with Gasteiger partial charge in [0.05, 0.1) is 11.9 Å². The molecule has 0 atom stereocenters. The molecule has 4 aromatic rings. The maximum Gasteiger partial charge on any atom is 0.322 e. The molecule has 0 unspecified atom stereocenters. The van der Waals surface area contributed by atoms with Gasteiger partial charge in [0.15, 0.2) is 11.6 Å². The average molecular weight is 542 g/mol. The minimum Gasteiger partial charge on any atom is -0.421 e. The molecule has 0 bridgehead atoms. The summed E-state index contributed by atoms with van der Waals surface area (Å²) in [5.74, 6) is 0.498. The number of ether oxygens (including phenoxy) is 1. The summed E-state index contributed by atoms with van der Waals surface area (Å²) in [5.41, 5.74) is 2.75. The van der Waals surface area contributed by atoms with E-state index < -0.39 is 5.82 Å². The second kappa shape index (κ2) is 10.0. The smallest absolute Gasteiger partial charge is 0.322 e. The summed E-state index contributed by atoms with van der Waals surface area (Å²) in [5, 5.41) is 7.36. The van der Waals surface area contributed by atoms with Crippen LogP contribution in [0.1, 0.15) is 12.1 Å². The van der Waals surface area contributed by atoms with Crippen molar-refractivity contribution in [3.8, 4) is 22.9 Å². The van der Waals surface area contributed by atoms with Crippen molar-refractivity contribution in [3.05, 3.63) is 73.2 Å². The van der Waals surface area contributed by atoms with E-state index >= 15 is 4.39 Å². The van der Waals surface area contributed by atoms with E-state index in [2.05, 4.69) is 36.8 Å². The number of anilines is 3. The molecule has 0 saturated carbocycles. The number of rotatable bonds is 7. The van der Waals surface area contributed by atoms with Gasteiger partial charge in [-0.2, -0.15) is 10.1 Å². The van der Waals surface area contributed by atoms with Crippen LogP contribution in [0.3, 0.4) is 0 Å². The first-order valence-electron chi connectivity index (χ1n) is 12.9. The number of amides is 1. The maximum absolute atomic E-state index is 15.2. The number of nitrogens with zero attached hydrogens (tertiary/aromatic N) is 8. The van der Waals surface area contributed by atoms with Crippen LogP contribution in [0.15, 0.2) is 61.7 Å². The lowest BCUT2D eigenvalue weighted by Crippen LogP contribution is -2.58. The monoisotopic (exact) mass is 541 g/mol. The Morgan fingerprint density at radius 2 is 2.02 bits per heavy atom. The van der Waals surface area contributed by atoms with Crippen LogP contribution < -0.4 is 15.0 Å². The fourth-order valence-corrected chi connectivity index (χ4v) is 5.24. The number of hydrogen-bond acceptors (Lipinski definition) is 9. The molecule has 6 rings (SSSR count). The van der Waals surface area contributed by atoms with Crippen molar-refractivity contribution in [2.75, 3.05) is 36.4 Å². The van der Waals surface area contributed by atoms with E-state index in [1.165, 1.54) is 12.1 Å². The summed E-state index contributed by atoms with van der Waals surface area (Å²) < 4.78 is 22.5. The van der Waals surface area contributed by atoms with Crippen molar-refractivity contribution in [3.63, 3.8) is 0 Å². The normalized spacial score (nSPS) is 15.7. The van der Waals surface area contributed by atoms with Crippen molar-refractivity contribution in [1.82, 2.24) is 34.6 Å². The van der Waals surface area contributed by atoms with Crippen LogP contribution in [-0.2, 0) is 11.8 Å². The van der Waals surface area contributed by atoms with E-state index in [1.54, 1.807) is 41.5 Å². The number of hydrogen-bond donors (Lipinski definition) is 1. The van der Waals surface area contributed by atoms with Crippen LogP contribution in [-0.4, -0.2) is 66.7 Å². The molecule has 40 heavy (non-hydrogen) atoms. The zero-order valence-electron chi connectivity index (χ0n) is 22.2. The van der Waals surface area contributed by atoms with Crippen LogP contribution >= 0.6 is 0 Å². The Labute approximate surface area is 230 Å². The maximum atomic E-state index is 15.2. The van der Waals surface area contributed by atoms with Crippen molar-refractivity contribution < 1.29 is 13.9 Å². The molecule has 2 aliphatic heterocycles. The van der Waals surface area contributed by atoms with Gasteiger partial charge in [0.25, 0.3) is 0 Å². The second-order valence-corrected chi connectivity index (χ2v) is 10.3. The van der Waals surface area contributed by atoms with Crippen LogP contribution in [0.5, 0.6) is 11.8 Å². The van der Waals surface area contributed by atoms with Gasteiger partial charge in [-0.05, 0) is 43.2 Å². The molecule has 0 radical (unpaired) electrons. The van der Waals surface area contributed by atoms with Crippen molar-refractivity contribution in [1.29, 1.82) is 0 Å². The van der Waals surface area contributed by atoms with Gasteiger partial charge in [-0.15, -0.1) is 0 Å². The number of carbonyl (C=O) groups is 1. The third kappa shape index (κ3) is 4.95. The first kappa shape index (κ1) is 25.4. The lowest BCUT2D eigenvalue weighted by atomic mass is 9.79. The van der Waals surface area contributed by atoms with Gasteiger partial charge in [0, 0.05) is 68.5 Å². The number of aryl methyl sites for hydroxylation is 2. The molecule has 3 aromatic heterocycles. The van der Waals surface area contributed by atoms with Gasteiger partial charge >= 0.3 is 6.01 Å². The largest absolute Gasteiger partial charge is 0.421 e. The molecule has 1 N–H and O–H groups in total. The highest BCUT2D eigenvalue weighted by molar-refractivity contribution is 5.87. The van der Waals surface area contributed by atoms with Crippen LogP contribution in [0.4, 0.5) is 21.8 Å². The van der Waals surface area contributed by atoms with E-state index in [-0.39, 0.29) is 23.1 Å². The Bertz CT molecular complexity index is 1600. The Morgan fingerprint density at radius 3 is 2.75 bits per heavy atom. The molecule has 2 fully saturated rings. The Morgan fingerprint density at radius 1 is 1.18 bits per heavy atom. The molecule has 1 spiro atoms. The SMILES string of the molecule is C=CC(=O)N1CCC2(C1)CN(c1nc(Nc3cnn(C)c3)ncc1-c1ccc(Oc3nccc(C)n3)c(F)c1)C2. The topological polar surface area (TPSA) is 114 Å². The molecule has 1 aromatic carbocycles. The third-order valence-electron chi connectivity index (χ3n) is 7.22. The van der Waals surface area contributed by atoms with Crippen molar-refractivity contribution >= 4 is 23.4 Å². The summed E-state index contributed by atoms with van der Waals surface area (Å²) in [7, 11) is 1.83. The summed E-state index contributed by atoms with van der Waals surface area (Å²) in [6, 6.07) is 6.53. The van der Waals surface area contributed by atoms with Gasteiger partial charge in [-0.25, -0.2) is 19.3 Å². The molecule has 5 heterocycles.